The number of aromatic nitrogens is 1. The summed E-state index contributed by atoms with van der Waals surface area (Å²) in [6.45, 7) is 0.852. The molecule has 0 aliphatic carbocycles. The third-order valence-corrected chi connectivity index (χ3v) is 5.68. The number of pyridine rings is 1. The molecule has 1 heterocycles. The average molecular weight is 477 g/mol. The Labute approximate surface area is 192 Å². The minimum atomic E-state index is -3.51. The number of ether oxygens (including phenoxy) is 1. The summed E-state index contributed by atoms with van der Waals surface area (Å²) < 4.78 is 31.2. The number of carbonyl (C=O) groups is 1. The van der Waals surface area contributed by atoms with E-state index >= 15 is 0 Å². The van der Waals surface area contributed by atoms with E-state index in [1.807, 2.05) is 12.1 Å². The number of halogens is 1. The minimum absolute atomic E-state index is 0.0317. The molecule has 10 heteroatoms. The number of hydrogen-bond acceptors (Lipinski definition) is 6. The van der Waals surface area contributed by atoms with E-state index in [1.54, 1.807) is 49.7 Å². The summed E-state index contributed by atoms with van der Waals surface area (Å²) in [6, 6.07) is 13.6. The van der Waals surface area contributed by atoms with Crippen LogP contribution in [0.2, 0.25) is 5.02 Å². The van der Waals surface area contributed by atoms with Gasteiger partial charge >= 0.3 is 0 Å². The van der Waals surface area contributed by atoms with Gasteiger partial charge < -0.3 is 15.4 Å². The Kier molecular flexibility index (Phi) is 7.89. The second-order valence-corrected chi connectivity index (χ2v) is 9.43. The van der Waals surface area contributed by atoms with Crippen LogP contribution in [0.3, 0.4) is 0 Å². The van der Waals surface area contributed by atoms with Gasteiger partial charge in [-0.05, 0) is 42.0 Å². The molecule has 32 heavy (non-hydrogen) atoms. The van der Waals surface area contributed by atoms with Crippen molar-refractivity contribution >= 4 is 44.1 Å². The fraction of sp³-hybridized carbons (Fsp3) is 0.273. The van der Waals surface area contributed by atoms with Crippen molar-refractivity contribution in [2.24, 2.45) is 0 Å². The first-order valence-electron chi connectivity index (χ1n) is 9.91. The van der Waals surface area contributed by atoms with Crippen LogP contribution >= 0.6 is 11.6 Å². The lowest BCUT2D eigenvalue weighted by atomic mass is 10.0. The van der Waals surface area contributed by atoms with Crippen molar-refractivity contribution in [1.82, 2.24) is 15.0 Å². The Balaban J connectivity index is 1.57. The van der Waals surface area contributed by atoms with Crippen LogP contribution in [0, 0.1) is 0 Å². The number of carbonyl (C=O) groups excluding carboxylic acids is 1. The number of fused-ring (bicyclic) bond motifs is 1. The molecule has 3 N–H and O–H groups in total. The monoisotopic (exact) mass is 476 g/mol. The van der Waals surface area contributed by atoms with Gasteiger partial charge in [-0.25, -0.2) is 13.1 Å². The molecule has 1 unspecified atom stereocenters. The molecule has 3 aromatic rings. The van der Waals surface area contributed by atoms with Gasteiger partial charge in [0.05, 0.1) is 24.9 Å². The zero-order chi connectivity index (χ0) is 23.1. The number of nitrogens with zero attached hydrogens (tertiary/aromatic N) is 1. The van der Waals surface area contributed by atoms with Crippen LogP contribution in [0.15, 0.2) is 54.7 Å². The van der Waals surface area contributed by atoms with E-state index in [0.717, 1.165) is 22.8 Å². The van der Waals surface area contributed by atoms with E-state index in [4.69, 9.17) is 16.3 Å². The maximum Gasteiger partial charge on any atom is 0.222 e. The van der Waals surface area contributed by atoms with Crippen molar-refractivity contribution in [1.29, 1.82) is 0 Å². The van der Waals surface area contributed by atoms with Crippen LogP contribution in [-0.2, 0) is 14.8 Å². The van der Waals surface area contributed by atoms with Crippen LogP contribution in [-0.4, -0.2) is 45.8 Å². The number of hydrogen-bond donors (Lipinski definition) is 3. The summed E-state index contributed by atoms with van der Waals surface area (Å²) in [4.78, 5) is 16.8. The number of rotatable bonds is 10. The highest BCUT2D eigenvalue weighted by Crippen LogP contribution is 2.24. The van der Waals surface area contributed by atoms with Crippen molar-refractivity contribution in [3.63, 3.8) is 0 Å². The first kappa shape index (κ1) is 23.8. The normalized spacial score (nSPS) is 12.3. The number of sulfonamides is 1. The maximum atomic E-state index is 12.5. The van der Waals surface area contributed by atoms with E-state index in [1.165, 1.54) is 0 Å². The average Bonchev–Trinajstić information content (AvgIpc) is 2.75. The number of methoxy groups -OCH3 is 1. The van der Waals surface area contributed by atoms with Crippen LogP contribution in [0.5, 0.6) is 5.75 Å². The number of benzene rings is 2. The molecule has 1 amide bonds. The molecule has 1 atom stereocenters. The summed E-state index contributed by atoms with van der Waals surface area (Å²) in [5.41, 5.74) is 2.34. The lowest BCUT2D eigenvalue weighted by Gasteiger charge is -2.18. The lowest BCUT2D eigenvalue weighted by molar-refractivity contribution is -0.121. The van der Waals surface area contributed by atoms with Gasteiger partial charge in [0.2, 0.25) is 15.9 Å². The number of amides is 1. The van der Waals surface area contributed by atoms with E-state index in [2.05, 4.69) is 20.3 Å². The Bertz CT molecular complexity index is 1190. The molecule has 8 nitrogen and oxygen atoms in total. The summed E-state index contributed by atoms with van der Waals surface area (Å²) in [6.07, 6.45) is 2.73. The molecular formula is C22H25ClN4O4S. The molecule has 0 radical (unpaired) electrons. The Morgan fingerprint density at radius 1 is 1.12 bits per heavy atom. The van der Waals surface area contributed by atoms with Crippen molar-refractivity contribution in [2.45, 2.75) is 12.5 Å². The van der Waals surface area contributed by atoms with E-state index in [-0.39, 0.29) is 12.3 Å². The summed E-state index contributed by atoms with van der Waals surface area (Å²) >= 11 is 6.02. The molecule has 0 saturated carbocycles. The minimum Gasteiger partial charge on any atom is -0.497 e. The molecule has 170 valence electrons. The molecule has 2 aromatic carbocycles. The van der Waals surface area contributed by atoms with E-state index in [9.17, 15) is 13.2 Å². The maximum absolute atomic E-state index is 12.5. The van der Waals surface area contributed by atoms with Crippen molar-refractivity contribution in [3.8, 4) is 5.75 Å². The van der Waals surface area contributed by atoms with Gasteiger partial charge in [0, 0.05) is 41.8 Å². The first-order valence-corrected chi connectivity index (χ1v) is 12.2. The molecule has 1 aromatic heterocycles. The first-order chi connectivity index (χ1) is 15.2. The Morgan fingerprint density at radius 3 is 2.56 bits per heavy atom. The largest absolute Gasteiger partial charge is 0.497 e. The molecule has 3 rings (SSSR count). The molecule has 0 aliphatic heterocycles. The van der Waals surface area contributed by atoms with Gasteiger partial charge in [-0.1, -0.05) is 23.7 Å². The van der Waals surface area contributed by atoms with Crippen molar-refractivity contribution in [3.05, 3.63) is 65.3 Å². The third kappa shape index (κ3) is 6.81. The molecule has 0 saturated heterocycles. The van der Waals surface area contributed by atoms with Crippen LogP contribution in [0.1, 0.15) is 18.0 Å². The standard InChI is InChI=1S/C22H25ClN4O4S/c1-31-17-6-3-15(4-7-17)20(27-32(2,29)30)14-22(28)26-12-11-25-19-9-10-24-21-13-16(23)5-8-18(19)21/h3-10,13,20,27H,11-12,14H2,1-2H3,(H,24,25)(H,26,28). The number of anilines is 1. The van der Waals surface area contributed by atoms with Gasteiger partial charge in [-0.15, -0.1) is 0 Å². The topological polar surface area (TPSA) is 109 Å². The SMILES string of the molecule is COc1ccc(C(CC(=O)NCCNc2ccnc3cc(Cl)ccc23)NS(C)(=O)=O)cc1. The Hall–Kier alpha value is -2.88. The van der Waals surface area contributed by atoms with Gasteiger partial charge in [0.1, 0.15) is 5.75 Å². The van der Waals surface area contributed by atoms with Crippen molar-refractivity contribution in [2.75, 3.05) is 31.8 Å². The highest BCUT2D eigenvalue weighted by atomic mass is 35.5. The smallest absolute Gasteiger partial charge is 0.222 e. The second kappa shape index (κ2) is 10.6. The van der Waals surface area contributed by atoms with Gasteiger partial charge in [-0.2, -0.15) is 0 Å². The predicted molar refractivity (Wildman–Crippen MR) is 127 cm³/mol. The lowest BCUT2D eigenvalue weighted by Crippen LogP contribution is -2.35. The second-order valence-electron chi connectivity index (χ2n) is 7.22. The molecule has 0 bridgehead atoms. The van der Waals surface area contributed by atoms with Crippen LogP contribution in [0.4, 0.5) is 5.69 Å². The molecule has 0 aliphatic rings. The molecule has 0 fully saturated rings. The fourth-order valence-corrected chi connectivity index (χ4v) is 4.16. The summed E-state index contributed by atoms with van der Waals surface area (Å²) in [5, 5.41) is 7.64. The summed E-state index contributed by atoms with van der Waals surface area (Å²) in [5.74, 6) is 0.378. The van der Waals surface area contributed by atoms with Crippen molar-refractivity contribution < 1.29 is 17.9 Å². The van der Waals surface area contributed by atoms with E-state index in [0.29, 0.717) is 29.4 Å². The Morgan fingerprint density at radius 2 is 1.88 bits per heavy atom. The highest BCUT2D eigenvalue weighted by Gasteiger charge is 2.19. The molecular weight excluding hydrogens is 452 g/mol. The van der Waals surface area contributed by atoms with Gasteiger partial charge in [0.25, 0.3) is 0 Å². The van der Waals surface area contributed by atoms with Crippen LogP contribution in [0.25, 0.3) is 10.9 Å². The van der Waals surface area contributed by atoms with Gasteiger partial charge in [-0.3, -0.25) is 9.78 Å². The third-order valence-electron chi connectivity index (χ3n) is 4.73. The van der Waals surface area contributed by atoms with Crippen LogP contribution < -0.4 is 20.1 Å². The highest BCUT2D eigenvalue weighted by molar-refractivity contribution is 7.88. The summed E-state index contributed by atoms with van der Waals surface area (Å²) in [7, 11) is -1.96. The molecule has 0 spiro atoms. The fourth-order valence-electron chi connectivity index (χ4n) is 3.25. The number of nitrogens with one attached hydrogen (secondary N) is 3. The quantitative estimate of drug-likeness (QED) is 0.388. The predicted octanol–water partition coefficient (Wildman–Crippen LogP) is 3.11. The van der Waals surface area contributed by atoms with E-state index < -0.39 is 16.1 Å². The zero-order valence-corrected chi connectivity index (χ0v) is 19.3. The van der Waals surface area contributed by atoms with Gasteiger partial charge in [0.15, 0.2) is 0 Å². The zero-order valence-electron chi connectivity index (χ0n) is 17.8.